The monoisotopic (exact) mass is 176 g/mol. The minimum absolute atomic E-state index is 0.709. The lowest BCUT2D eigenvalue weighted by atomic mass is 10.3. The van der Waals surface area contributed by atoms with Gasteiger partial charge in [0, 0.05) is 26.9 Å². The highest BCUT2D eigenvalue weighted by Gasteiger charge is 1.89. The summed E-state index contributed by atoms with van der Waals surface area (Å²) in [7, 11) is 1.72. The summed E-state index contributed by atoms with van der Waals surface area (Å²) in [5, 5.41) is 0. The average Bonchev–Trinajstić information content (AvgIpc) is 2.10. The SMILES string of the molecule is CCOCCOCCCCOC. The second kappa shape index (κ2) is 10.9. The van der Waals surface area contributed by atoms with Crippen LogP contribution in [-0.4, -0.2) is 40.1 Å². The van der Waals surface area contributed by atoms with Gasteiger partial charge in [0.2, 0.25) is 0 Å². The molecule has 0 aliphatic heterocycles. The van der Waals surface area contributed by atoms with Crippen molar-refractivity contribution in [3.05, 3.63) is 0 Å². The predicted molar refractivity (Wildman–Crippen MR) is 48.4 cm³/mol. The molecule has 0 aromatic rings. The Kier molecular flexibility index (Phi) is 10.8. The van der Waals surface area contributed by atoms with Crippen LogP contribution in [0.1, 0.15) is 19.8 Å². The molecule has 0 atom stereocenters. The zero-order valence-electron chi connectivity index (χ0n) is 8.17. The lowest BCUT2D eigenvalue weighted by Crippen LogP contribution is -2.05. The minimum Gasteiger partial charge on any atom is -0.385 e. The third-order valence-electron chi connectivity index (χ3n) is 1.46. The fourth-order valence-electron chi connectivity index (χ4n) is 0.815. The molecule has 74 valence electrons. The topological polar surface area (TPSA) is 27.7 Å². The van der Waals surface area contributed by atoms with E-state index in [4.69, 9.17) is 14.2 Å². The van der Waals surface area contributed by atoms with E-state index < -0.39 is 0 Å². The van der Waals surface area contributed by atoms with Crippen LogP contribution in [0.15, 0.2) is 0 Å². The van der Waals surface area contributed by atoms with Crippen LogP contribution in [0.4, 0.5) is 0 Å². The van der Waals surface area contributed by atoms with Gasteiger partial charge in [0.05, 0.1) is 13.2 Å². The average molecular weight is 176 g/mol. The van der Waals surface area contributed by atoms with Gasteiger partial charge in [-0.3, -0.25) is 0 Å². The smallest absolute Gasteiger partial charge is 0.0700 e. The highest BCUT2D eigenvalue weighted by molar-refractivity contribution is 4.37. The Morgan fingerprint density at radius 2 is 1.50 bits per heavy atom. The Morgan fingerprint density at radius 3 is 2.17 bits per heavy atom. The molecule has 0 N–H and O–H groups in total. The lowest BCUT2D eigenvalue weighted by Gasteiger charge is -2.03. The van der Waals surface area contributed by atoms with Gasteiger partial charge in [-0.05, 0) is 19.8 Å². The molecule has 0 unspecified atom stereocenters. The number of hydrogen-bond donors (Lipinski definition) is 0. The van der Waals surface area contributed by atoms with Crippen LogP contribution in [-0.2, 0) is 14.2 Å². The van der Waals surface area contributed by atoms with Crippen LogP contribution in [0.3, 0.4) is 0 Å². The molecule has 0 radical (unpaired) electrons. The van der Waals surface area contributed by atoms with Gasteiger partial charge in [0.25, 0.3) is 0 Å². The maximum absolute atomic E-state index is 5.30. The standard InChI is InChI=1S/C9H20O3/c1-3-11-8-9-12-7-5-4-6-10-2/h3-9H2,1-2H3. The van der Waals surface area contributed by atoms with E-state index in [9.17, 15) is 0 Å². The van der Waals surface area contributed by atoms with Crippen molar-refractivity contribution >= 4 is 0 Å². The molecular weight excluding hydrogens is 156 g/mol. The first-order valence-electron chi connectivity index (χ1n) is 4.56. The van der Waals surface area contributed by atoms with Crippen LogP contribution in [0.5, 0.6) is 0 Å². The van der Waals surface area contributed by atoms with E-state index in [0.717, 1.165) is 32.7 Å². The van der Waals surface area contributed by atoms with Gasteiger partial charge in [0.15, 0.2) is 0 Å². The van der Waals surface area contributed by atoms with E-state index in [1.807, 2.05) is 6.92 Å². The van der Waals surface area contributed by atoms with Crippen molar-refractivity contribution in [2.75, 3.05) is 40.1 Å². The van der Waals surface area contributed by atoms with Gasteiger partial charge in [0.1, 0.15) is 0 Å². The molecule has 0 spiro atoms. The van der Waals surface area contributed by atoms with Crippen LogP contribution >= 0.6 is 0 Å². The van der Waals surface area contributed by atoms with E-state index in [2.05, 4.69) is 0 Å². The second-order valence-corrected chi connectivity index (χ2v) is 2.51. The van der Waals surface area contributed by atoms with Crippen molar-refractivity contribution < 1.29 is 14.2 Å². The maximum Gasteiger partial charge on any atom is 0.0700 e. The van der Waals surface area contributed by atoms with Gasteiger partial charge in [-0.2, -0.15) is 0 Å². The van der Waals surface area contributed by atoms with E-state index in [1.165, 1.54) is 0 Å². The summed E-state index contributed by atoms with van der Waals surface area (Å²) in [5.74, 6) is 0. The molecule has 0 aromatic carbocycles. The molecule has 0 bridgehead atoms. The van der Waals surface area contributed by atoms with Crippen molar-refractivity contribution in [2.45, 2.75) is 19.8 Å². The molecule has 3 nitrogen and oxygen atoms in total. The molecule has 0 fully saturated rings. The third kappa shape index (κ3) is 9.88. The van der Waals surface area contributed by atoms with Crippen LogP contribution in [0, 0.1) is 0 Å². The van der Waals surface area contributed by atoms with Gasteiger partial charge >= 0.3 is 0 Å². The summed E-state index contributed by atoms with van der Waals surface area (Å²) in [6.45, 7) is 5.82. The van der Waals surface area contributed by atoms with Gasteiger partial charge < -0.3 is 14.2 Å². The Morgan fingerprint density at radius 1 is 0.833 bits per heavy atom. The van der Waals surface area contributed by atoms with E-state index >= 15 is 0 Å². The molecule has 0 aliphatic rings. The number of ether oxygens (including phenoxy) is 3. The molecule has 0 aromatic heterocycles. The van der Waals surface area contributed by atoms with Crippen LogP contribution < -0.4 is 0 Å². The second-order valence-electron chi connectivity index (χ2n) is 2.51. The molecule has 0 aliphatic carbocycles. The van der Waals surface area contributed by atoms with E-state index in [0.29, 0.717) is 13.2 Å². The minimum atomic E-state index is 0.709. The van der Waals surface area contributed by atoms with Crippen molar-refractivity contribution in [1.82, 2.24) is 0 Å². The third-order valence-corrected chi connectivity index (χ3v) is 1.46. The Hall–Kier alpha value is -0.120. The molecule has 3 heteroatoms. The zero-order chi connectivity index (χ0) is 9.07. The zero-order valence-corrected chi connectivity index (χ0v) is 8.17. The molecule has 12 heavy (non-hydrogen) atoms. The van der Waals surface area contributed by atoms with Crippen LogP contribution in [0.25, 0.3) is 0 Å². The van der Waals surface area contributed by atoms with Gasteiger partial charge in [-0.25, -0.2) is 0 Å². The molecular formula is C9H20O3. The molecule has 0 saturated carbocycles. The highest BCUT2D eigenvalue weighted by Crippen LogP contribution is 1.90. The molecule has 0 amide bonds. The number of methoxy groups -OCH3 is 1. The Labute approximate surface area is 75.0 Å². The molecule has 0 rings (SSSR count). The summed E-state index contributed by atoms with van der Waals surface area (Å²) in [6, 6.07) is 0. The fraction of sp³-hybridized carbons (Fsp3) is 1.00. The lowest BCUT2D eigenvalue weighted by molar-refractivity contribution is 0.0492. The Bertz CT molecular complexity index is 66.2. The van der Waals surface area contributed by atoms with E-state index in [-0.39, 0.29) is 0 Å². The van der Waals surface area contributed by atoms with Crippen molar-refractivity contribution in [3.63, 3.8) is 0 Å². The van der Waals surface area contributed by atoms with Gasteiger partial charge in [-0.1, -0.05) is 0 Å². The first-order chi connectivity index (χ1) is 5.91. The first-order valence-corrected chi connectivity index (χ1v) is 4.56. The number of hydrogen-bond acceptors (Lipinski definition) is 3. The van der Waals surface area contributed by atoms with E-state index in [1.54, 1.807) is 7.11 Å². The maximum atomic E-state index is 5.30. The quantitative estimate of drug-likeness (QED) is 0.498. The van der Waals surface area contributed by atoms with Gasteiger partial charge in [-0.15, -0.1) is 0 Å². The highest BCUT2D eigenvalue weighted by atomic mass is 16.5. The fourth-order valence-corrected chi connectivity index (χ4v) is 0.815. The van der Waals surface area contributed by atoms with Crippen molar-refractivity contribution in [2.24, 2.45) is 0 Å². The summed E-state index contributed by atoms with van der Waals surface area (Å²) >= 11 is 0. The number of unbranched alkanes of at least 4 members (excludes halogenated alkanes) is 1. The predicted octanol–water partition coefficient (Wildman–Crippen LogP) is 1.47. The number of rotatable bonds is 9. The largest absolute Gasteiger partial charge is 0.385 e. The summed E-state index contributed by atoms with van der Waals surface area (Å²) in [4.78, 5) is 0. The Balaban J connectivity index is 2.73. The molecule has 0 saturated heterocycles. The summed E-state index contributed by atoms with van der Waals surface area (Å²) < 4.78 is 15.3. The normalized spacial score (nSPS) is 10.5. The summed E-state index contributed by atoms with van der Waals surface area (Å²) in [6.07, 6.45) is 2.14. The summed E-state index contributed by atoms with van der Waals surface area (Å²) in [5.41, 5.74) is 0. The van der Waals surface area contributed by atoms with Crippen molar-refractivity contribution in [3.8, 4) is 0 Å². The van der Waals surface area contributed by atoms with Crippen molar-refractivity contribution in [1.29, 1.82) is 0 Å². The molecule has 0 heterocycles. The first kappa shape index (κ1) is 11.9. The van der Waals surface area contributed by atoms with Crippen LogP contribution in [0.2, 0.25) is 0 Å².